The molecule has 136 valence electrons. The van der Waals surface area contributed by atoms with Crippen LogP contribution in [-0.2, 0) is 4.79 Å². The number of carbonyl (C=O) groups is 3. The van der Waals surface area contributed by atoms with Crippen LogP contribution in [0.4, 0.5) is 0 Å². The van der Waals surface area contributed by atoms with Crippen molar-refractivity contribution in [1.29, 1.82) is 0 Å². The third-order valence-corrected chi connectivity index (χ3v) is 3.85. The van der Waals surface area contributed by atoms with Gasteiger partial charge in [0, 0.05) is 11.8 Å². The van der Waals surface area contributed by atoms with Gasteiger partial charge in [-0.1, -0.05) is 48.5 Å². The third-order valence-electron chi connectivity index (χ3n) is 3.85. The zero-order valence-electron chi connectivity index (χ0n) is 14.3. The van der Waals surface area contributed by atoms with Gasteiger partial charge in [0.05, 0.1) is 0 Å². The van der Waals surface area contributed by atoms with E-state index in [0.29, 0.717) is 16.8 Å². The lowest BCUT2D eigenvalue weighted by Crippen LogP contribution is -2.48. The van der Waals surface area contributed by atoms with E-state index in [1.165, 1.54) is 0 Å². The van der Waals surface area contributed by atoms with Crippen molar-refractivity contribution in [1.82, 2.24) is 21.2 Å². The molecule has 3 amide bonds. The van der Waals surface area contributed by atoms with Gasteiger partial charge in [-0.05, 0) is 29.8 Å². The van der Waals surface area contributed by atoms with Crippen LogP contribution < -0.4 is 16.2 Å². The Morgan fingerprint density at radius 2 is 1.41 bits per heavy atom. The van der Waals surface area contributed by atoms with Gasteiger partial charge in [0.25, 0.3) is 17.7 Å². The quantitative estimate of drug-likeness (QED) is 0.522. The van der Waals surface area contributed by atoms with Crippen LogP contribution in [0.25, 0.3) is 0 Å². The number of hydrogen-bond donors (Lipinski definition) is 4. The van der Waals surface area contributed by atoms with E-state index in [-0.39, 0.29) is 0 Å². The van der Waals surface area contributed by atoms with Crippen molar-refractivity contribution in [2.45, 2.75) is 6.04 Å². The Bertz CT molecular complexity index is 909. The van der Waals surface area contributed by atoms with Gasteiger partial charge in [-0.2, -0.15) is 0 Å². The number of H-pyrrole nitrogens is 1. The van der Waals surface area contributed by atoms with Crippen LogP contribution in [0.15, 0.2) is 79.0 Å². The fraction of sp³-hybridized carbons (Fsp3) is 0.0500. The first-order valence-corrected chi connectivity index (χ1v) is 8.29. The predicted molar refractivity (Wildman–Crippen MR) is 99.5 cm³/mol. The number of amides is 3. The molecule has 0 fully saturated rings. The minimum absolute atomic E-state index is 0.305. The summed E-state index contributed by atoms with van der Waals surface area (Å²) >= 11 is 0. The Balaban J connectivity index is 1.72. The molecule has 0 saturated heterocycles. The predicted octanol–water partition coefficient (Wildman–Crippen LogP) is 1.95. The van der Waals surface area contributed by atoms with E-state index in [2.05, 4.69) is 21.2 Å². The van der Waals surface area contributed by atoms with Gasteiger partial charge in [0.2, 0.25) is 0 Å². The van der Waals surface area contributed by atoms with Crippen LogP contribution in [0.3, 0.4) is 0 Å². The number of rotatable bonds is 5. The number of hydrogen-bond acceptors (Lipinski definition) is 3. The number of hydrazine groups is 1. The molecule has 0 spiro atoms. The molecule has 3 rings (SSSR count). The second kappa shape index (κ2) is 8.48. The second-order valence-electron chi connectivity index (χ2n) is 5.71. The molecule has 7 heteroatoms. The maximum absolute atomic E-state index is 12.6. The molecule has 1 heterocycles. The van der Waals surface area contributed by atoms with Crippen molar-refractivity contribution < 1.29 is 14.4 Å². The summed E-state index contributed by atoms with van der Waals surface area (Å²) in [6.07, 6.45) is 1.60. The lowest BCUT2D eigenvalue weighted by Gasteiger charge is -2.19. The molecule has 0 saturated carbocycles. The SMILES string of the molecule is O=C(NC(C(=O)NNC(=O)c1ccc[nH]1)c1ccccc1)c1ccccc1. The smallest absolute Gasteiger partial charge is 0.286 e. The molecule has 1 atom stereocenters. The fourth-order valence-electron chi connectivity index (χ4n) is 2.48. The second-order valence-corrected chi connectivity index (χ2v) is 5.71. The Hall–Kier alpha value is -3.87. The van der Waals surface area contributed by atoms with Crippen LogP contribution in [0.2, 0.25) is 0 Å². The van der Waals surface area contributed by atoms with E-state index < -0.39 is 23.8 Å². The van der Waals surface area contributed by atoms with E-state index in [4.69, 9.17) is 0 Å². The van der Waals surface area contributed by atoms with Gasteiger partial charge in [-0.15, -0.1) is 0 Å². The minimum atomic E-state index is -0.970. The van der Waals surface area contributed by atoms with Crippen molar-refractivity contribution in [3.63, 3.8) is 0 Å². The molecule has 27 heavy (non-hydrogen) atoms. The molecule has 0 aliphatic rings. The summed E-state index contributed by atoms with van der Waals surface area (Å²) < 4.78 is 0. The highest BCUT2D eigenvalue weighted by atomic mass is 16.2. The third kappa shape index (κ3) is 4.60. The Labute approximate surface area is 155 Å². The van der Waals surface area contributed by atoms with Gasteiger partial charge < -0.3 is 10.3 Å². The zero-order valence-corrected chi connectivity index (χ0v) is 14.3. The summed E-state index contributed by atoms with van der Waals surface area (Å²) in [4.78, 5) is 39.8. The van der Waals surface area contributed by atoms with Gasteiger partial charge in [-0.3, -0.25) is 25.2 Å². The Morgan fingerprint density at radius 3 is 2.04 bits per heavy atom. The Kier molecular flexibility index (Phi) is 5.64. The molecular weight excluding hydrogens is 344 g/mol. The largest absolute Gasteiger partial charge is 0.357 e. The van der Waals surface area contributed by atoms with Crippen molar-refractivity contribution in [2.24, 2.45) is 0 Å². The summed E-state index contributed by atoms with van der Waals surface area (Å²) in [5.41, 5.74) is 6.01. The van der Waals surface area contributed by atoms with Crippen molar-refractivity contribution in [3.8, 4) is 0 Å². The highest BCUT2D eigenvalue weighted by molar-refractivity contribution is 5.99. The van der Waals surface area contributed by atoms with Gasteiger partial charge in [0.15, 0.2) is 0 Å². The highest BCUT2D eigenvalue weighted by Crippen LogP contribution is 2.14. The van der Waals surface area contributed by atoms with Crippen LogP contribution in [-0.4, -0.2) is 22.7 Å². The fourth-order valence-corrected chi connectivity index (χ4v) is 2.48. The first-order chi connectivity index (χ1) is 13.1. The lowest BCUT2D eigenvalue weighted by atomic mass is 10.1. The monoisotopic (exact) mass is 362 g/mol. The number of carbonyl (C=O) groups excluding carboxylic acids is 3. The standard InChI is InChI=1S/C20H18N4O3/c25-18(15-10-5-2-6-11-15)22-17(14-8-3-1-4-9-14)20(27)24-23-19(26)16-12-7-13-21-16/h1-13,17,21H,(H,22,25)(H,23,26)(H,24,27). The highest BCUT2D eigenvalue weighted by Gasteiger charge is 2.23. The molecule has 4 N–H and O–H groups in total. The van der Waals surface area contributed by atoms with E-state index in [0.717, 1.165) is 0 Å². The average Bonchev–Trinajstić information content (AvgIpc) is 3.26. The summed E-state index contributed by atoms with van der Waals surface area (Å²) in [5, 5.41) is 2.70. The molecule has 0 bridgehead atoms. The molecule has 0 aliphatic carbocycles. The Morgan fingerprint density at radius 1 is 0.741 bits per heavy atom. The van der Waals surface area contributed by atoms with Crippen LogP contribution >= 0.6 is 0 Å². The number of nitrogens with one attached hydrogen (secondary N) is 4. The van der Waals surface area contributed by atoms with E-state index in [1.807, 2.05) is 6.07 Å². The molecule has 3 aromatic rings. The van der Waals surface area contributed by atoms with E-state index in [1.54, 1.807) is 72.9 Å². The summed E-state index contributed by atoms with van der Waals surface area (Å²) in [7, 11) is 0. The van der Waals surface area contributed by atoms with Crippen LogP contribution in [0, 0.1) is 0 Å². The molecule has 2 aromatic carbocycles. The topological polar surface area (TPSA) is 103 Å². The van der Waals surface area contributed by atoms with Gasteiger partial charge >= 0.3 is 0 Å². The molecular formula is C20H18N4O3. The summed E-state index contributed by atoms with van der Waals surface area (Å²) in [6.45, 7) is 0. The first-order valence-electron chi connectivity index (χ1n) is 8.29. The average molecular weight is 362 g/mol. The maximum Gasteiger partial charge on any atom is 0.286 e. The number of aromatic nitrogens is 1. The molecule has 1 aromatic heterocycles. The van der Waals surface area contributed by atoms with Gasteiger partial charge in [-0.25, -0.2) is 0 Å². The molecule has 1 unspecified atom stereocenters. The first kappa shape index (κ1) is 17.9. The van der Waals surface area contributed by atoms with Crippen molar-refractivity contribution >= 4 is 17.7 Å². The van der Waals surface area contributed by atoms with Crippen LogP contribution in [0.1, 0.15) is 32.5 Å². The number of benzene rings is 2. The summed E-state index contributed by atoms with van der Waals surface area (Å²) in [5.74, 6) is -1.45. The molecule has 0 aliphatic heterocycles. The van der Waals surface area contributed by atoms with E-state index >= 15 is 0 Å². The maximum atomic E-state index is 12.6. The van der Waals surface area contributed by atoms with E-state index in [9.17, 15) is 14.4 Å². The summed E-state index contributed by atoms with van der Waals surface area (Å²) in [6, 6.07) is 19.7. The molecule has 0 radical (unpaired) electrons. The zero-order chi connectivity index (χ0) is 19.1. The molecule has 7 nitrogen and oxygen atoms in total. The lowest BCUT2D eigenvalue weighted by molar-refractivity contribution is -0.123. The number of aromatic amines is 1. The minimum Gasteiger partial charge on any atom is -0.357 e. The van der Waals surface area contributed by atoms with Crippen molar-refractivity contribution in [2.75, 3.05) is 0 Å². The van der Waals surface area contributed by atoms with Crippen molar-refractivity contribution in [3.05, 3.63) is 95.8 Å². The normalized spacial score (nSPS) is 11.3. The van der Waals surface area contributed by atoms with Gasteiger partial charge in [0.1, 0.15) is 11.7 Å². The van der Waals surface area contributed by atoms with Crippen LogP contribution in [0.5, 0.6) is 0 Å².